The zero-order chi connectivity index (χ0) is 13.1. The molecule has 1 fully saturated rings. The Morgan fingerprint density at radius 3 is 2.74 bits per heavy atom. The Balaban J connectivity index is 0.00000180. The Kier molecular flexibility index (Phi) is 5.72. The molecule has 0 spiro atoms. The molecular weight excluding hydrogens is 269 g/mol. The fourth-order valence-electron chi connectivity index (χ4n) is 1.81. The average Bonchev–Trinajstić information content (AvgIpc) is 2.20. The van der Waals surface area contributed by atoms with Crippen molar-refractivity contribution in [1.29, 1.82) is 0 Å². The van der Waals surface area contributed by atoms with Gasteiger partial charge in [-0.1, -0.05) is 6.07 Å². The zero-order valence-electron chi connectivity index (χ0n) is 11.1. The molecule has 1 saturated heterocycles. The van der Waals surface area contributed by atoms with Crippen molar-refractivity contribution in [3.63, 3.8) is 0 Å². The molecule has 2 rings (SSSR count). The van der Waals surface area contributed by atoms with Crippen LogP contribution >= 0.6 is 12.4 Å². The van der Waals surface area contributed by atoms with Gasteiger partial charge in [0, 0.05) is 24.8 Å². The standard InChI is InChI=1S/C13H18FN3O.ClH/c1-9-3-4-10(5-12(9)14)16-13(18)8-17(2)11-6-15-7-11;/h3-5,11,15H,6-8H2,1-2H3,(H,16,18);1H. The SMILES string of the molecule is Cc1ccc(NC(=O)CN(C)C2CNC2)cc1F.Cl. The van der Waals surface area contributed by atoms with E-state index in [1.54, 1.807) is 19.1 Å². The van der Waals surface area contributed by atoms with E-state index in [9.17, 15) is 9.18 Å². The minimum Gasteiger partial charge on any atom is -0.325 e. The molecule has 106 valence electrons. The van der Waals surface area contributed by atoms with Crippen LogP contribution in [0.25, 0.3) is 0 Å². The highest BCUT2D eigenvalue weighted by molar-refractivity contribution is 5.92. The number of halogens is 2. The Bertz CT molecular complexity index is 452. The van der Waals surface area contributed by atoms with E-state index in [0.717, 1.165) is 13.1 Å². The summed E-state index contributed by atoms with van der Waals surface area (Å²) in [5.74, 6) is -0.419. The number of hydrogen-bond donors (Lipinski definition) is 2. The highest BCUT2D eigenvalue weighted by Crippen LogP contribution is 2.13. The number of aryl methyl sites for hydroxylation is 1. The van der Waals surface area contributed by atoms with E-state index in [1.807, 2.05) is 11.9 Å². The number of likely N-dealkylation sites (N-methyl/N-ethyl adjacent to an activating group) is 1. The van der Waals surface area contributed by atoms with E-state index >= 15 is 0 Å². The van der Waals surface area contributed by atoms with Crippen LogP contribution in [-0.2, 0) is 4.79 Å². The van der Waals surface area contributed by atoms with Crippen molar-refractivity contribution in [3.05, 3.63) is 29.6 Å². The van der Waals surface area contributed by atoms with Gasteiger partial charge in [-0.25, -0.2) is 4.39 Å². The molecule has 0 unspecified atom stereocenters. The summed E-state index contributed by atoms with van der Waals surface area (Å²) in [5.41, 5.74) is 1.08. The molecule has 0 aromatic heterocycles. The highest BCUT2D eigenvalue weighted by atomic mass is 35.5. The molecule has 1 aromatic carbocycles. The zero-order valence-corrected chi connectivity index (χ0v) is 11.9. The number of carbonyl (C=O) groups is 1. The average molecular weight is 288 g/mol. The first-order valence-corrected chi connectivity index (χ1v) is 6.03. The highest BCUT2D eigenvalue weighted by Gasteiger charge is 2.22. The number of anilines is 1. The van der Waals surface area contributed by atoms with E-state index in [-0.39, 0.29) is 24.1 Å². The number of nitrogens with one attached hydrogen (secondary N) is 2. The lowest BCUT2D eigenvalue weighted by molar-refractivity contribution is -0.117. The van der Waals surface area contributed by atoms with Gasteiger partial charge >= 0.3 is 0 Å². The third kappa shape index (κ3) is 4.16. The molecule has 0 saturated carbocycles. The minimum atomic E-state index is -0.302. The molecule has 6 heteroatoms. The molecule has 4 nitrogen and oxygen atoms in total. The summed E-state index contributed by atoms with van der Waals surface area (Å²) in [6.45, 7) is 3.85. The molecule has 0 radical (unpaired) electrons. The first-order chi connectivity index (χ1) is 8.56. The quantitative estimate of drug-likeness (QED) is 0.880. The van der Waals surface area contributed by atoms with Crippen LogP contribution in [0.2, 0.25) is 0 Å². The first-order valence-electron chi connectivity index (χ1n) is 6.03. The van der Waals surface area contributed by atoms with Gasteiger partial charge in [0.1, 0.15) is 5.82 Å². The predicted octanol–water partition coefficient (Wildman–Crippen LogP) is 1.40. The van der Waals surface area contributed by atoms with Gasteiger partial charge in [0.05, 0.1) is 6.54 Å². The topological polar surface area (TPSA) is 44.4 Å². The van der Waals surface area contributed by atoms with Gasteiger partial charge < -0.3 is 10.6 Å². The van der Waals surface area contributed by atoms with Crippen LogP contribution in [0.5, 0.6) is 0 Å². The normalized spacial score (nSPS) is 14.7. The maximum atomic E-state index is 13.3. The molecule has 1 amide bonds. The van der Waals surface area contributed by atoms with E-state index in [4.69, 9.17) is 0 Å². The lowest BCUT2D eigenvalue weighted by Crippen LogP contribution is -2.57. The molecule has 1 aromatic rings. The van der Waals surface area contributed by atoms with Crippen LogP contribution in [0, 0.1) is 12.7 Å². The Labute approximate surface area is 118 Å². The molecule has 19 heavy (non-hydrogen) atoms. The Hall–Kier alpha value is -1.17. The number of rotatable bonds is 4. The van der Waals surface area contributed by atoms with Gasteiger partial charge in [-0.05, 0) is 31.7 Å². The van der Waals surface area contributed by atoms with Crippen LogP contribution in [0.1, 0.15) is 5.56 Å². The molecule has 2 N–H and O–H groups in total. The molecular formula is C13H19ClFN3O. The monoisotopic (exact) mass is 287 g/mol. The second-order valence-electron chi connectivity index (χ2n) is 4.74. The maximum Gasteiger partial charge on any atom is 0.238 e. The van der Waals surface area contributed by atoms with Crippen LogP contribution in [0.3, 0.4) is 0 Å². The maximum absolute atomic E-state index is 13.3. The fourth-order valence-corrected chi connectivity index (χ4v) is 1.81. The second-order valence-corrected chi connectivity index (χ2v) is 4.74. The van der Waals surface area contributed by atoms with Gasteiger partial charge in [0.15, 0.2) is 0 Å². The predicted molar refractivity (Wildman–Crippen MR) is 76.3 cm³/mol. The summed E-state index contributed by atoms with van der Waals surface area (Å²) in [7, 11) is 1.92. The van der Waals surface area contributed by atoms with Crippen molar-refractivity contribution in [2.45, 2.75) is 13.0 Å². The van der Waals surface area contributed by atoms with Gasteiger partial charge in [-0.3, -0.25) is 9.69 Å². The Morgan fingerprint density at radius 1 is 1.53 bits per heavy atom. The van der Waals surface area contributed by atoms with Gasteiger partial charge in [-0.2, -0.15) is 0 Å². The van der Waals surface area contributed by atoms with Gasteiger partial charge in [-0.15, -0.1) is 12.4 Å². The van der Waals surface area contributed by atoms with E-state index in [2.05, 4.69) is 10.6 Å². The fraction of sp³-hybridized carbons (Fsp3) is 0.462. The second kappa shape index (κ2) is 6.84. The number of benzene rings is 1. The number of amides is 1. The Morgan fingerprint density at radius 2 is 2.21 bits per heavy atom. The van der Waals surface area contributed by atoms with Gasteiger partial charge in [0.25, 0.3) is 0 Å². The smallest absolute Gasteiger partial charge is 0.238 e. The largest absolute Gasteiger partial charge is 0.325 e. The molecule has 0 atom stereocenters. The molecule has 0 bridgehead atoms. The van der Waals surface area contributed by atoms with Crippen molar-refractivity contribution in [1.82, 2.24) is 10.2 Å². The van der Waals surface area contributed by atoms with Crippen molar-refractivity contribution in [2.75, 3.05) is 32.0 Å². The first kappa shape index (κ1) is 15.9. The van der Waals surface area contributed by atoms with Crippen molar-refractivity contribution in [2.24, 2.45) is 0 Å². The van der Waals surface area contributed by atoms with Crippen molar-refractivity contribution < 1.29 is 9.18 Å². The lowest BCUT2D eigenvalue weighted by atomic mass is 10.1. The van der Waals surface area contributed by atoms with E-state index in [0.29, 0.717) is 23.8 Å². The van der Waals surface area contributed by atoms with Crippen LogP contribution < -0.4 is 10.6 Å². The third-order valence-electron chi connectivity index (χ3n) is 3.23. The van der Waals surface area contributed by atoms with E-state index < -0.39 is 0 Å². The third-order valence-corrected chi connectivity index (χ3v) is 3.23. The summed E-state index contributed by atoms with van der Waals surface area (Å²) in [6, 6.07) is 5.13. The molecule has 1 heterocycles. The summed E-state index contributed by atoms with van der Waals surface area (Å²) >= 11 is 0. The number of carbonyl (C=O) groups excluding carboxylic acids is 1. The summed E-state index contributed by atoms with van der Waals surface area (Å²) in [4.78, 5) is 13.8. The minimum absolute atomic E-state index is 0. The lowest BCUT2D eigenvalue weighted by Gasteiger charge is -2.35. The van der Waals surface area contributed by atoms with Crippen LogP contribution in [-0.4, -0.2) is 43.5 Å². The van der Waals surface area contributed by atoms with Crippen molar-refractivity contribution in [3.8, 4) is 0 Å². The summed E-state index contributed by atoms with van der Waals surface area (Å²) < 4.78 is 13.3. The molecule has 1 aliphatic rings. The molecule has 0 aliphatic carbocycles. The summed E-state index contributed by atoms with van der Waals surface area (Å²) in [5, 5.41) is 5.86. The number of nitrogens with zero attached hydrogens (tertiary/aromatic N) is 1. The molecule has 1 aliphatic heterocycles. The van der Waals surface area contributed by atoms with Gasteiger partial charge in [0.2, 0.25) is 5.91 Å². The van der Waals surface area contributed by atoms with E-state index in [1.165, 1.54) is 6.07 Å². The van der Waals surface area contributed by atoms with Crippen LogP contribution in [0.4, 0.5) is 10.1 Å². The number of hydrogen-bond acceptors (Lipinski definition) is 3. The summed E-state index contributed by atoms with van der Waals surface area (Å²) in [6.07, 6.45) is 0. The van der Waals surface area contributed by atoms with Crippen LogP contribution in [0.15, 0.2) is 18.2 Å². The van der Waals surface area contributed by atoms with Crippen molar-refractivity contribution >= 4 is 24.0 Å².